The fraction of sp³-hybridized carbons (Fsp3) is 0.304. The molecule has 0 bridgehead atoms. The first-order valence-corrected chi connectivity index (χ1v) is 10.5. The van der Waals surface area contributed by atoms with Crippen molar-refractivity contribution in [1.29, 1.82) is 0 Å². The van der Waals surface area contributed by atoms with E-state index in [1.807, 2.05) is 63.2 Å². The molecule has 0 radical (unpaired) electrons. The average Bonchev–Trinajstić information content (AvgIpc) is 3.17. The molecule has 3 aromatic rings. The predicted octanol–water partition coefficient (Wildman–Crippen LogP) is 5.33. The van der Waals surface area contributed by atoms with Gasteiger partial charge in [0.1, 0.15) is 5.01 Å². The predicted molar refractivity (Wildman–Crippen MR) is 119 cm³/mol. The van der Waals surface area contributed by atoms with Gasteiger partial charge in [-0.1, -0.05) is 18.2 Å². The van der Waals surface area contributed by atoms with Crippen LogP contribution in [0.1, 0.15) is 37.4 Å². The largest absolute Gasteiger partial charge is 0.490 e. The van der Waals surface area contributed by atoms with Crippen molar-refractivity contribution in [1.82, 2.24) is 9.88 Å². The van der Waals surface area contributed by atoms with Crippen LogP contribution in [0.3, 0.4) is 0 Å². The summed E-state index contributed by atoms with van der Waals surface area (Å²) in [6, 6.07) is 13.6. The lowest BCUT2D eigenvalue weighted by Gasteiger charge is -2.21. The second-order valence-corrected chi connectivity index (χ2v) is 7.61. The van der Waals surface area contributed by atoms with E-state index in [1.54, 1.807) is 35.4 Å². The van der Waals surface area contributed by atoms with Gasteiger partial charge < -0.3 is 14.4 Å². The number of amides is 1. The van der Waals surface area contributed by atoms with Crippen molar-refractivity contribution in [3.05, 3.63) is 59.1 Å². The van der Waals surface area contributed by atoms with E-state index in [1.165, 1.54) is 0 Å². The second kappa shape index (κ2) is 9.56. The summed E-state index contributed by atoms with van der Waals surface area (Å²) < 4.78 is 12.4. The van der Waals surface area contributed by atoms with Crippen molar-refractivity contribution in [3.8, 4) is 11.5 Å². The molecule has 1 atom stereocenters. The SMILES string of the molecule is CCOc1ccc(/C=C/C(=O)N(C)[C@H](C)c2nc3ccccc3s2)cc1OCC. The topological polar surface area (TPSA) is 51.7 Å². The van der Waals surface area contributed by atoms with Crippen LogP contribution in [0.5, 0.6) is 11.5 Å². The van der Waals surface area contributed by atoms with E-state index >= 15 is 0 Å². The molecular weight excluding hydrogens is 384 g/mol. The Morgan fingerprint density at radius 1 is 1.14 bits per heavy atom. The summed E-state index contributed by atoms with van der Waals surface area (Å²) in [4.78, 5) is 19.1. The number of rotatable bonds is 8. The molecule has 0 saturated heterocycles. The van der Waals surface area contributed by atoms with Crippen molar-refractivity contribution >= 4 is 33.5 Å². The fourth-order valence-electron chi connectivity index (χ4n) is 2.88. The van der Waals surface area contributed by atoms with Gasteiger partial charge in [-0.25, -0.2) is 4.98 Å². The molecule has 0 aliphatic heterocycles. The van der Waals surface area contributed by atoms with Crippen molar-refractivity contribution < 1.29 is 14.3 Å². The molecule has 1 amide bonds. The maximum atomic E-state index is 12.7. The molecule has 2 aromatic carbocycles. The van der Waals surface area contributed by atoms with Gasteiger partial charge in [0.2, 0.25) is 5.91 Å². The summed E-state index contributed by atoms with van der Waals surface area (Å²) in [5.41, 5.74) is 1.85. The molecule has 5 nitrogen and oxygen atoms in total. The third-order valence-corrected chi connectivity index (χ3v) is 5.79. The molecule has 0 N–H and O–H groups in total. The zero-order valence-electron chi connectivity index (χ0n) is 17.2. The van der Waals surface area contributed by atoms with Gasteiger partial charge in [0.25, 0.3) is 0 Å². The molecule has 0 fully saturated rings. The van der Waals surface area contributed by atoms with E-state index in [4.69, 9.17) is 9.47 Å². The van der Waals surface area contributed by atoms with E-state index in [9.17, 15) is 4.79 Å². The number of para-hydroxylation sites is 1. The molecule has 152 valence electrons. The summed E-state index contributed by atoms with van der Waals surface area (Å²) >= 11 is 1.62. The molecule has 0 saturated carbocycles. The summed E-state index contributed by atoms with van der Waals surface area (Å²) in [6.45, 7) is 6.98. The maximum absolute atomic E-state index is 12.7. The van der Waals surface area contributed by atoms with E-state index in [0.29, 0.717) is 24.7 Å². The third kappa shape index (κ3) is 4.95. The smallest absolute Gasteiger partial charge is 0.246 e. The standard InChI is InChI=1S/C23H26N2O3S/c1-5-27-19-13-11-17(15-20(19)28-6-2)12-14-22(26)25(4)16(3)23-24-18-9-7-8-10-21(18)29-23/h7-16H,5-6H2,1-4H3/b14-12+/t16-/m1/s1. The first kappa shape index (κ1) is 20.9. The highest BCUT2D eigenvalue weighted by atomic mass is 32.1. The summed E-state index contributed by atoms with van der Waals surface area (Å²) in [7, 11) is 1.80. The van der Waals surface area contributed by atoms with Gasteiger partial charge in [-0.15, -0.1) is 11.3 Å². The molecule has 0 spiro atoms. The molecule has 1 heterocycles. The van der Waals surface area contributed by atoms with Crippen molar-refractivity contribution in [2.75, 3.05) is 20.3 Å². The normalized spacial score (nSPS) is 12.3. The number of aromatic nitrogens is 1. The zero-order valence-corrected chi connectivity index (χ0v) is 18.0. The summed E-state index contributed by atoms with van der Waals surface area (Å²) in [6.07, 6.45) is 3.37. The molecule has 1 aromatic heterocycles. The Morgan fingerprint density at radius 3 is 2.59 bits per heavy atom. The van der Waals surface area contributed by atoms with Gasteiger partial charge in [0.05, 0.1) is 29.5 Å². The Morgan fingerprint density at radius 2 is 1.86 bits per heavy atom. The Bertz CT molecular complexity index is 979. The van der Waals surface area contributed by atoms with E-state index in [2.05, 4.69) is 4.98 Å². The zero-order chi connectivity index (χ0) is 20.8. The van der Waals surface area contributed by atoms with Crippen LogP contribution in [0.4, 0.5) is 0 Å². The number of nitrogens with zero attached hydrogens (tertiary/aromatic N) is 2. The molecule has 29 heavy (non-hydrogen) atoms. The Kier molecular flexibility index (Phi) is 6.88. The minimum Gasteiger partial charge on any atom is -0.490 e. The molecule has 0 aliphatic rings. The van der Waals surface area contributed by atoms with Crippen LogP contribution in [-0.4, -0.2) is 36.1 Å². The molecular formula is C23H26N2O3S. The number of carbonyl (C=O) groups excluding carboxylic acids is 1. The molecule has 0 aliphatic carbocycles. The van der Waals surface area contributed by atoms with E-state index < -0.39 is 0 Å². The lowest BCUT2D eigenvalue weighted by atomic mass is 10.2. The molecule has 0 unspecified atom stereocenters. The van der Waals surface area contributed by atoms with Crippen LogP contribution in [0, 0.1) is 0 Å². The van der Waals surface area contributed by atoms with Gasteiger partial charge in [-0.3, -0.25) is 4.79 Å². The molecule has 6 heteroatoms. The first-order valence-electron chi connectivity index (χ1n) is 9.73. The van der Waals surface area contributed by atoms with Crippen LogP contribution in [0.2, 0.25) is 0 Å². The van der Waals surface area contributed by atoms with Gasteiger partial charge >= 0.3 is 0 Å². The minimum absolute atomic E-state index is 0.0800. The van der Waals surface area contributed by atoms with Crippen LogP contribution >= 0.6 is 11.3 Å². The van der Waals surface area contributed by atoms with Gasteiger partial charge in [0, 0.05) is 13.1 Å². The van der Waals surface area contributed by atoms with Crippen LogP contribution < -0.4 is 9.47 Å². The van der Waals surface area contributed by atoms with E-state index in [-0.39, 0.29) is 11.9 Å². The lowest BCUT2D eigenvalue weighted by molar-refractivity contribution is -0.126. The van der Waals surface area contributed by atoms with Crippen LogP contribution in [0.15, 0.2) is 48.5 Å². The highest BCUT2D eigenvalue weighted by molar-refractivity contribution is 7.18. The Hall–Kier alpha value is -2.86. The average molecular weight is 411 g/mol. The van der Waals surface area contributed by atoms with Gasteiger partial charge in [0.15, 0.2) is 11.5 Å². The highest BCUT2D eigenvalue weighted by Crippen LogP contribution is 2.30. The Labute approximate surface area is 175 Å². The Balaban J connectivity index is 1.72. The first-order chi connectivity index (χ1) is 14.0. The second-order valence-electron chi connectivity index (χ2n) is 6.55. The summed E-state index contributed by atoms with van der Waals surface area (Å²) in [5.74, 6) is 1.31. The quantitative estimate of drug-likeness (QED) is 0.471. The fourth-order valence-corrected chi connectivity index (χ4v) is 3.94. The number of benzene rings is 2. The number of hydrogen-bond acceptors (Lipinski definition) is 5. The van der Waals surface area contributed by atoms with Gasteiger partial charge in [-0.05, 0) is 56.7 Å². The number of hydrogen-bond donors (Lipinski definition) is 0. The number of thiazole rings is 1. The third-order valence-electron chi connectivity index (χ3n) is 4.58. The van der Waals surface area contributed by atoms with Crippen LogP contribution in [-0.2, 0) is 4.79 Å². The van der Waals surface area contributed by atoms with Gasteiger partial charge in [-0.2, -0.15) is 0 Å². The minimum atomic E-state index is -0.108. The van der Waals surface area contributed by atoms with Crippen LogP contribution in [0.25, 0.3) is 16.3 Å². The van der Waals surface area contributed by atoms with Crippen molar-refractivity contribution in [2.45, 2.75) is 26.8 Å². The summed E-state index contributed by atoms with van der Waals surface area (Å²) in [5, 5.41) is 0.926. The number of carbonyl (C=O) groups is 1. The number of fused-ring (bicyclic) bond motifs is 1. The lowest BCUT2D eigenvalue weighted by Crippen LogP contribution is -2.27. The van der Waals surface area contributed by atoms with Crippen molar-refractivity contribution in [3.63, 3.8) is 0 Å². The number of likely N-dealkylation sites (N-methyl/N-ethyl adjacent to an activating group) is 1. The maximum Gasteiger partial charge on any atom is 0.246 e. The molecule has 3 rings (SSSR count). The highest BCUT2D eigenvalue weighted by Gasteiger charge is 2.19. The number of ether oxygens (including phenoxy) is 2. The van der Waals surface area contributed by atoms with E-state index in [0.717, 1.165) is 20.8 Å². The van der Waals surface area contributed by atoms with Crippen molar-refractivity contribution in [2.24, 2.45) is 0 Å². The monoisotopic (exact) mass is 410 g/mol.